The molecule has 30 heavy (non-hydrogen) atoms. The number of halogens is 2. The van der Waals surface area contributed by atoms with Crippen LogP contribution in [0.25, 0.3) is 0 Å². The summed E-state index contributed by atoms with van der Waals surface area (Å²) in [5.74, 6) is 0.120. The van der Waals surface area contributed by atoms with Crippen LogP contribution in [-0.2, 0) is 16.1 Å². The van der Waals surface area contributed by atoms with Crippen LogP contribution in [0.5, 0.6) is 5.75 Å². The Morgan fingerprint density at radius 3 is 2.47 bits per heavy atom. The minimum absolute atomic E-state index is 0.146. The fraction of sp³-hybridized carbons (Fsp3) is 0.391. The van der Waals surface area contributed by atoms with Gasteiger partial charge in [0.05, 0.1) is 4.47 Å². The van der Waals surface area contributed by atoms with Gasteiger partial charge in [-0.15, -0.1) is 0 Å². The maximum absolute atomic E-state index is 13.1. The summed E-state index contributed by atoms with van der Waals surface area (Å²) in [4.78, 5) is 27.4. The molecule has 1 N–H and O–H groups in total. The number of nitrogens with one attached hydrogen (secondary N) is 1. The summed E-state index contributed by atoms with van der Waals surface area (Å²) in [6, 6.07) is 12.5. The Bertz CT molecular complexity index is 858. The van der Waals surface area contributed by atoms with Crippen LogP contribution in [0.4, 0.5) is 0 Å². The highest BCUT2D eigenvalue weighted by Gasteiger charge is 2.28. The van der Waals surface area contributed by atoms with Crippen molar-refractivity contribution in [3.63, 3.8) is 0 Å². The summed E-state index contributed by atoms with van der Waals surface area (Å²) in [6.45, 7) is 6.65. The second kappa shape index (κ2) is 12.0. The van der Waals surface area contributed by atoms with Gasteiger partial charge in [-0.3, -0.25) is 9.59 Å². The van der Waals surface area contributed by atoms with Crippen molar-refractivity contribution in [3.8, 4) is 5.75 Å². The highest BCUT2D eigenvalue weighted by Crippen LogP contribution is 2.28. The first-order valence-corrected chi connectivity index (χ1v) is 11.2. The zero-order valence-electron chi connectivity index (χ0n) is 17.6. The van der Waals surface area contributed by atoms with Crippen molar-refractivity contribution in [1.82, 2.24) is 10.2 Å². The van der Waals surface area contributed by atoms with E-state index in [2.05, 4.69) is 21.2 Å². The summed E-state index contributed by atoms with van der Waals surface area (Å²) in [6.07, 6.45) is 1.35. The first-order valence-electron chi connectivity index (χ1n) is 10.1. The maximum atomic E-state index is 13.1. The predicted octanol–water partition coefficient (Wildman–Crippen LogP) is 5.12. The summed E-state index contributed by atoms with van der Waals surface area (Å²) < 4.78 is 6.39. The SMILES string of the molecule is CCCNC(=O)C(CC)N(Cc1ccc(C)cc1)C(=O)COc1ccc(Cl)cc1Br. The topological polar surface area (TPSA) is 58.6 Å². The van der Waals surface area contributed by atoms with Crippen LogP contribution in [0.15, 0.2) is 46.9 Å². The molecule has 5 nitrogen and oxygen atoms in total. The first kappa shape index (κ1) is 24.2. The zero-order chi connectivity index (χ0) is 22.1. The van der Waals surface area contributed by atoms with Crippen LogP contribution >= 0.6 is 27.5 Å². The van der Waals surface area contributed by atoms with Crippen molar-refractivity contribution in [1.29, 1.82) is 0 Å². The Balaban J connectivity index is 2.20. The van der Waals surface area contributed by atoms with Crippen molar-refractivity contribution < 1.29 is 14.3 Å². The van der Waals surface area contributed by atoms with E-state index in [0.29, 0.717) is 34.8 Å². The van der Waals surface area contributed by atoms with Crippen molar-refractivity contribution >= 4 is 39.3 Å². The highest BCUT2D eigenvalue weighted by atomic mass is 79.9. The predicted molar refractivity (Wildman–Crippen MR) is 124 cm³/mol. The number of carbonyl (C=O) groups excluding carboxylic acids is 2. The number of hydrogen-bond acceptors (Lipinski definition) is 3. The summed E-state index contributed by atoms with van der Waals surface area (Å²) in [5, 5.41) is 3.48. The molecule has 0 aromatic heterocycles. The van der Waals surface area contributed by atoms with E-state index in [9.17, 15) is 9.59 Å². The van der Waals surface area contributed by atoms with Gasteiger partial charge in [0, 0.05) is 18.1 Å². The molecule has 2 aromatic carbocycles. The van der Waals surface area contributed by atoms with Crippen LogP contribution < -0.4 is 10.1 Å². The van der Waals surface area contributed by atoms with Gasteiger partial charge in [-0.25, -0.2) is 0 Å². The molecule has 0 bridgehead atoms. The minimum Gasteiger partial charge on any atom is -0.483 e. The average molecular weight is 496 g/mol. The third kappa shape index (κ3) is 7.03. The molecule has 0 aliphatic rings. The molecule has 1 atom stereocenters. The number of benzene rings is 2. The fourth-order valence-electron chi connectivity index (χ4n) is 2.99. The molecule has 2 rings (SSSR count). The van der Waals surface area contributed by atoms with Crippen LogP contribution in [0.3, 0.4) is 0 Å². The molecule has 0 spiro atoms. The summed E-state index contributed by atoms with van der Waals surface area (Å²) in [5.41, 5.74) is 2.10. The van der Waals surface area contributed by atoms with Crippen molar-refractivity contribution in [2.45, 2.75) is 46.2 Å². The average Bonchev–Trinajstić information content (AvgIpc) is 2.72. The van der Waals surface area contributed by atoms with Crippen LogP contribution in [-0.4, -0.2) is 35.9 Å². The number of hydrogen-bond donors (Lipinski definition) is 1. The van der Waals surface area contributed by atoms with Gasteiger partial charge in [-0.1, -0.05) is 55.3 Å². The van der Waals surface area contributed by atoms with Crippen molar-refractivity contribution in [3.05, 3.63) is 63.1 Å². The molecular formula is C23H28BrClN2O3. The van der Waals surface area contributed by atoms with Gasteiger partial charge >= 0.3 is 0 Å². The molecule has 0 radical (unpaired) electrons. The standard InChI is InChI=1S/C23H28BrClN2O3/c1-4-12-26-23(29)20(5-2)27(14-17-8-6-16(3)7-9-17)22(28)15-30-21-11-10-18(25)13-19(21)24/h6-11,13,20H,4-5,12,14-15H2,1-3H3,(H,26,29). The number of rotatable bonds is 10. The fourth-order valence-corrected chi connectivity index (χ4v) is 3.79. The molecule has 2 aromatic rings. The third-order valence-electron chi connectivity index (χ3n) is 4.65. The second-order valence-corrected chi connectivity index (χ2v) is 8.38. The minimum atomic E-state index is -0.567. The van der Waals surface area contributed by atoms with Gasteiger partial charge in [0.15, 0.2) is 6.61 Å². The largest absolute Gasteiger partial charge is 0.483 e. The van der Waals surface area contributed by atoms with E-state index in [4.69, 9.17) is 16.3 Å². The Morgan fingerprint density at radius 2 is 1.87 bits per heavy atom. The lowest BCUT2D eigenvalue weighted by atomic mass is 10.1. The molecule has 0 fully saturated rings. The summed E-state index contributed by atoms with van der Waals surface area (Å²) in [7, 11) is 0. The van der Waals surface area contributed by atoms with Gasteiger partial charge in [-0.2, -0.15) is 0 Å². The number of ether oxygens (including phenoxy) is 1. The Morgan fingerprint density at radius 1 is 1.17 bits per heavy atom. The van der Waals surface area contributed by atoms with Gasteiger partial charge in [0.2, 0.25) is 5.91 Å². The summed E-state index contributed by atoms with van der Waals surface area (Å²) >= 11 is 9.35. The lowest BCUT2D eigenvalue weighted by Gasteiger charge is -2.30. The van der Waals surface area contributed by atoms with Crippen LogP contribution in [0.1, 0.15) is 37.8 Å². The normalized spacial score (nSPS) is 11.6. The smallest absolute Gasteiger partial charge is 0.261 e. The number of aryl methyl sites for hydroxylation is 1. The molecule has 162 valence electrons. The zero-order valence-corrected chi connectivity index (χ0v) is 19.9. The van der Waals surface area contributed by atoms with Gasteiger partial charge < -0.3 is 15.0 Å². The van der Waals surface area contributed by atoms with E-state index in [1.807, 2.05) is 45.0 Å². The van der Waals surface area contributed by atoms with E-state index in [0.717, 1.165) is 17.5 Å². The lowest BCUT2D eigenvalue weighted by Crippen LogP contribution is -2.50. The molecule has 0 aliphatic carbocycles. The van der Waals surface area contributed by atoms with E-state index < -0.39 is 6.04 Å². The highest BCUT2D eigenvalue weighted by molar-refractivity contribution is 9.10. The van der Waals surface area contributed by atoms with Crippen LogP contribution in [0.2, 0.25) is 5.02 Å². The number of carbonyl (C=O) groups is 2. The number of amides is 2. The van der Waals surface area contributed by atoms with Gasteiger partial charge in [0.1, 0.15) is 11.8 Å². The molecule has 1 unspecified atom stereocenters. The van der Waals surface area contributed by atoms with Gasteiger partial charge in [0.25, 0.3) is 5.91 Å². The van der Waals surface area contributed by atoms with Crippen molar-refractivity contribution in [2.75, 3.05) is 13.2 Å². The Kier molecular flexibility index (Phi) is 9.66. The second-order valence-electron chi connectivity index (χ2n) is 7.09. The number of nitrogens with zero attached hydrogens (tertiary/aromatic N) is 1. The van der Waals surface area contributed by atoms with E-state index in [-0.39, 0.29) is 18.4 Å². The molecule has 0 heterocycles. The molecular weight excluding hydrogens is 468 g/mol. The Labute approximate surface area is 191 Å². The lowest BCUT2D eigenvalue weighted by molar-refractivity contribution is -0.143. The molecule has 0 aliphatic heterocycles. The first-order chi connectivity index (χ1) is 14.3. The van der Waals surface area contributed by atoms with Crippen molar-refractivity contribution in [2.24, 2.45) is 0 Å². The quantitative estimate of drug-likeness (QED) is 0.497. The van der Waals surface area contributed by atoms with Crippen LogP contribution in [0, 0.1) is 6.92 Å². The molecule has 7 heteroatoms. The molecule has 0 saturated carbocycles. The molecule has 0 saturated heterocycles. The van der Waals surface area contributed by atoms with Gasteiger partial charge in [-0.05, 0) is 59.5 Å². The maximum Gasteiger partial charge on any atom is 0.261 e. The van der Waals surface area contributed by atoms with E-state index in [1.54, 1.807) is 23.1 Å². The van der Waals surface area contributed by atoms with E-state index >= 15 is 0 Å². The Hall–Kier alpha value is -2.05. The van der Waals surface area contributed by atoms with E-state index in [1.165, 1.54) is 0 Å². The molecule has 2 amide bonds. The monoisotopic (exact) mass is 494 g/mol. The third-order valence-corrected chi connectivity index (χ3v) is 5.51.